The van der Waals surface area contributed by atoms with Crippen LogP contribution in [0.2, 0.25) is 0 Å². The third-order valence-corrected chi connectivity index (χ3v) is 6.19. The van der Waals surface area contributed by atoms with Crippen molar-refractivity contribution >= 4 is 79.4 Å². The van der Waals surface area contributed by atoms with Gasteiger partial charge >= 0.3 is 0 Å². The normalized spacial score (nSPS) is 10.8. The van der Waals surface area contributed by atoms with Crippen LogP contribution in [0.1, 0.15) is 5.56 Å². The highest BCUT2D eigenvalue weighted by Crippen LogP contribution is 2.41. The van der Waals surface area contributed by atoms with E-state index in [1.54, 1.807) is 12.3 Å². The lowest BCUT2D eigenvalue weighted by Gasteiger charge is -2.10. The molecule has 0 atom stereocenters. The number of H-pyrrole nitrogens is 1. The summed E-state index contributed by atoms with van der Waals surface area (Å²) in [7, 11) is 0. The van der Waals surface area contributed by atoms with Gasteiger partial charge in [-0.25, -0.2) is 13.2 Å². The second-order valence-electron chi connectivity index (χ2n) is 4.81. The highest BCUT2D eigenvalue weighted by molar-refractivity contribution is 14.0. The molecular weight excluding hydrogens is 548 g/mol. The lowest BCUT2D eigenvalue weighted by atomic mass is 10.2. The number of nitrogens with one attached hydrogen (secondary N) is 2. The minimum Gasteiger partial charge on any atom is -0.359 e. The number of thioether (sulfide) groups is 1. The lowest BCUT2D eigenvalue weighted by molar-refractivity contribution is 0.497. The predicted molar refractivity (Wildman–Crippen MR) is 112 cm³/mol. The molecule has 3 aromatic rings. The summed E-state index contributed by atoms with van der Waals surface area (Å²) in [6.07, 6.45) is 3.20. The van der Waals surface area contributed by atoms with Crippen LogP contribution in [-0.2, 0) is 0 Å². The number of fused-ring (bicyclic) bond motifs is 1. The topological polar surface area (TPSA) is 39.6 Å². The second kappa shape index (κ2) is 8.36. The zero-order valence-electron chi connectivity index (χ0n) is 12.6. The van der Waals surface area contributed by atoms with Crippen LogP contribution in [0.15, 0.2) is 44.7 Å². The van der Waals surface area contributed by atoms with Gasteiger partial charge in [-0.1, -0.05) is 11.8 Å². The van der Waals surface area contributed by atoms with E-state index < -0.39 is 17.5 Å². The fourth-order valence-electron chi connectivity index (χ4n) is 2.22. The van der Waals surface area contributed by atoms with Crippen molar-refractivity contribution in [3.05, 3.63) is 58.0 Å². The Kier molecular flexibility index (Phi) is 6.91. The van der Waals surface area contributed by atoms with Crippen molar-refractivity contribution in [2.45, 2.75) is 9.79 Å². The lowest BCUT2D eigenvalue weighted by Crippen LogP contribution is -1.98. The van der Waals surface area contributed by atoms with Crippen LogP contribution in [-0.4, -0.2) is 16.3 Å². The quantitative estimate of drug-likeness (QED) is 0.160. The molecule has 0 amide bonds. The van der Waals surface area contributed by atoms with Crippen molar-refractivity contribution in [3.63, 3.8) is 0 Å². The summed E-state index contributed by atoms with van der Waals surface area (Å²) in [5, 5.41) is 8.36. The first kappa shape index (κ1) is 20.7. The van der Waals surface area contributed by atoms with Gasteiger partial charge in [-0.15, -0.1) is 35.7 Å². The van der Waals surface area contributed by atoms with Crippen molar-refractivity contribution in [2.75, 3.05) is 6.26 Å². The smallest absolute Gasteiger partial charge is 0.184 e. The molecule has 2 N–H and O–H groups in total. The van der Waals surface area contributed by atoms with E-state index in [0.717, 1.165) is 23.5 Å². The minimum absolute atomic E-state index is 0. The average molecular weight is 559 g/mol. The summed E-state index contributed by atoms with van der Waals surface area (Å²) >= 11 is 5.39. The van der Waals surface area contributed by atoms with Gasteiger partial charge in [-0.3, -0.25) is 5.41 Å². The first-order valence-corrected chi connectivity index (χ1v) is 9.51. The van der Waals surface area contributed by atoms with Crippen LogP contribution in [0, 0.1) is 22.9 Å². The Bertz CT molecular complexity index is 962. The molecule has 0 aliphatic rings. The number of hydrogen-bond acceptors (Lipinski definition) is 3. The molecule has 9 heteroatoms. The summed E-state index contributed by atoms with van der Waals surface area (Å²) < 4.78 is 42.8. The fourth-order valence-corrected chi connectivity index (χ4v) is 4.27. The molecular formula is C16H11BrF3IN2S2. The third-order valence-electron chi connectivity index (χ3n) is 3.40. The van der Waals surface area contributed by atoms with E-state index >= 15 is 0 Å². The zero-order chi connectivity index (χ0) is 17.4. The van der Waals surface area contributed by atoms with E-state index in [0.29, 0.717) is 14.8 Å². The first-order valence-electron chi connectivity index (χ1n) is 6.68. The molecule has 25 heavy (non-hydrogen) atoms. The van der Waals surface area contributed by atoms with Crippen LogP contribution in [0.5, 0.6) is 0 Å². The maximum Gasteiger partial charge on any atom is 0.184 e. The van der Waals surface area contributed by atoms with E-state index in [2.05, 4.69) is 20.9 Å². The maximum atomic E-state index is 14.4. The summed E-state index contributed by atoms with van der Waals surface area (Å²) in [6.45, 7) is 0. The van der Waals surface area contributed by atoms with Gasteiger partial charge in [0.15, 0.2) is 11.6 Å². The minimum atomic E-state index is -0.979. The van der Waals surface area contributed by atoms with E-state index in [-0.39, 0.29) is 45.0 Å². The average Bonchev–Trinajstić information content (AvgIpc) is 3.07. The van der Waals surface area contributed by atoms with Crippen LogP contribution >= 0.6 is 63.4 Å². The molecule has 0 aliphatic carbocycles. The fraction of sp³-hybridized carbons (Fsp3) is 0.0625. The van der Waals surface area contributed by atoms with Crippen molar-refractivity contribution < 1.29 is 13.2 Å². The molecule has 2 aromatic carbocycles. The number of rotatable bonds is 3. The molecule has 0 unspecified atom stereocenters. The van der Waals surface area contributed by atoms with E-state index in [9.17, 15) is 13.2 Å². The van der Waals surface area contributed by atoms with Gasteiger partial charge in [0.25, 0.3) is 0 Å². The molecule has 132 valence electrons. The Morgan fingerprint density at radius 1 is 1.16 bits per heavy atom. The van der Waals surface area contributed by atoms with Crippen molar-refractivity contribution in [2.24, 2.45) is 0 Å². The van der Waals surface area contributed by atoms with E-state index in [1.807, 2.05) is 0 Å². The molecule has 0 fully saturated rings. The van der Waals surface area contributed by atoms with E-state index in [4.69, 9.17) is 5.41 Å². The molecule has 3 rings (SSSR count). The maximum absolute atomic E-state index is 14.4. The third kappa shape index (κ3) is 3.88. The Morgan fingerprint density at radius 3 is 2.56 bits per heavy atom. The number of aromatic nitrogens is 1. The molecule has 0 bridgehead atoms. The van der Waals surface area contributed by atoms with Crippen molar-refractivity contribution in [1.29, 1.82) is 5.41 Å². The number of hydrogen-bond donors (Lipinski definition) is 2. The van der Waals surface area contributed by atoms with Gasteiger partial charge in [0.1, 0.15) is 5.82 Å². The molecule has 2 nitrogen and oxygen atoms in total. The zero-order valence-corrected chi connectivity index (χ0v) is 18.2. The van der Waals surface area contributed by atoms with Crippen LogP contribution < -0.4 is 0 Å². The predicted octanol–water partition coefficient (Wildman–Crippen LogP) is 6.81. The van der Waals surface area contributed by atoms with Crippen LogP contribution in [0.25, 0.3) is 10.9 Å². The summed E-state index contributed by atoms with van der Waals surface area (Å²) in [4.78, 5) is 3.25. The first-order chi connectivity index (χ1) is 11.4. The van der Waals surface area contributed by atoms with Crippen LogP contribution in [0.3, 0.4) is 0 Å². The summed E-state index contributed by atoms with van der Waals surface area (Å²) in [5.74, 6) is -2.46. The summed E-state index contributed by atoms with van der Waals surface area (Å²) in [6, 6.07) is 5.80. The van der Waals surface area contributed by atoms with Gasteiger partial charge in [0, 0.05) is 26.5 Å². The SMILES string of the molecule is CSC(=N)c1cc(Sc2c(F)c(F)c3[nH]ccc3c2Br)ccc1F.I. The number of benzene rings is 2. The van der Waals surface area contributed by atoms with Gasteiger partial charge in [-0.2, -0.15) is 0 Å². The van der Waals surface area contributed by atoms with Gasteiger partial charge in [0.05, 0.1) is 15.5 Å². The molecule has 0 spiro atoms. The Labute approximate surface area is 176 Å². The molecule has 0 aliphatic heterocycles. The van der Waals surface area contributed by atoms with Gasteiger partial charge in [-0.05, 0) is 46.5 Å². The molecule has 1 aromatic heterocycles. The van der Waals surface area contributed by atoms with E-state index in [1.165, 1.54) is 24.4 Å². The Morgan fingerprint density at radius 2 is 1.88 bits per heavy atom. The summed E-state index contributed by atoms with van der Waals surface area (Å²) in [5.41, 5.74) is 0.222. The molecule has 0 radical (unpaired) electrons. The Balaban J connectivity index is 0.00000225. The highest BCUT2D eigenvalue weighted by Gasteiger charge is 2.21. The Hall–Kier alpha value is -0.650. The standard InChI is InChI=1S/C16H10BrF3N2S2.HI/c1-23-16(21)9-6-7(2-3-10(9)18)24-15-11(17)8-4-5-22-14(8)12(19)13(15)20;/h2-6,21-22H,1H3;1H. The van der Waals surface area contributed by atoms with Gasteiger partial charge < -0.3 is 4.98 Å². The molecule has 0 saturated carbocycles. The van der Waals surface area contributed by atoms with Crippen LogP contribution in [0.4, 0.5) is 13.2 Å². The monoisotopic (exact) mass is 558 g/mol. The van der Waals surface area contributed by atoms with Gasteiger partial charge in [0.2, 0.25) is 0 Å². The number of aromatic amines is 1. The van der Waals surface area contributed by atoms with Crippen molar-refractivity contribution in [3.8, 4) is 0 Å². The molecule has 1 heterocycles. The highest BCUT2D eigenvalue weighted by atomic mass is 127. The van der Waals surface area contributed by atoms with Crippen molar-refractivity contribution in [1.82, 2.24) is 4.98 Å². The molecule has 0 saturated heterocycles. The number of halogens is 5. The largest absolute Gasteiger partial charge is 0.359 e. The second-order valence-corrected chi connectivity index (χ2v) is 7.51.